The SMILES string of the molecule is CC.CC(N)=O.O=C(O)C1CCCCC1. The van der Waals surface area contributed by atoms with Gasteiger partial charge in [0.2, 0.25) is 5.91 Å². The molecule has 0 aromatic heterocycles. The van der Waals surface area contributed by atoms with Gasteiger partial charge in [-0.1, -0.05) is 33.1 Å². The summed E-state index contributed by atoms with van der Waals surface area (Å²) in [5.74, 6) is -0.964. The molecule has 4 heteroatoms. The Hall–Kier alpha value is -1.06. The molecule has 1 rings (SSSR count). The summed E-state index contributed by atoms with van der Waals surface area (Å²) in [5.41, 5.74) is 4.47. The van der Waals surface area contributed by atoms with E-state index in [4.69, 9.17) is 5.11 Å². The third-order valence-electron chi connectivity index (χ3n) is 1.95. The fourth-order valence-corrected chi connectivity index (χ4v) is 1.35. The van der Waals surface area contributed by atoms with Gasteiger partial charge in [0, 0.05) is 6.92 Å². The first-order valence-electron chi connectivity index (χ1n) is 5.53. The predicted molar refractivity (Wildman–Crippen MR) is 60.4 cm³/mol. The predicted octanol–water partition coefficient (Wildman–Crippen LogP) is 2.17. The largest absolute Gasteiger partial charge is 0.481 e. The number of nitrogens with two attached hydrogens (primary N) is 1. The number of hydrogen-bond acceptors (Lipinski definition) is 2. The van der Waals surface area contributed by atoms with Gasteiger partial charge in [0.15, 0.2) is 0 Å². The minimum atomic E-state index is -0.602. The molecule has 4 nitrogen and oxygen atoms in total. The van der Waals surface area contributed by atoms with Gasteiger partial charge >= 0.3 is 5.97 Å². The van der Waals surface area contributed by atoms with Gasteiger partial charge in [-0.2, -0.15) is 0 Å². The monoisotopic (exact) mass is 217 g/mol. The van der Waals surface area contributed by atoms with Crippen molar-refractivity contribution in [2.24, 2.45) is 11.7 Å². The molecule has 0 heterocycles. The standard InChI is InChI=1S/C7H12O2.C2H5NO.C2H6/c8-7(9)6-4-2-1-3-5-6;1-2(3)4;1-2/h6H,1-5H2,(H,8,9);1H3,(H2,3,4);1-2H3. The van der Waals surface area contributed by atoms with Crippen molar-refractivity contribution in [2.75, 3.05) is 0 Å². The molecule has 0 unspecified atom stereocenters. The van der Waals surface area contributed by atoms with E-state index in [1.165, 1.54) is 13.3 Å². The molecule has 0 bridgehead atoms. The third kappa shape index (κ3) is 12.9. The van der Waals surface area contributed by atoms with Gasteiger partial charge in [-0.25, -0.2) is 0 Å². The lowest BCUT2D eigenvalue weighted by molar-refractivity contribution is -0.142. The van der Waals surface area contributed by atoms with Crippen molar-refractivity contribution in [3.05, 3.63) is 0 Å². The maximum absolute atomic E-state index is 10.4. The van der Waals surface area contributed by atoms with Crippen LogP contribution in [0, 0.1) is 5.92 Å². The van der Waals surface area contributed by atoms with E-state index in [-0.39, 0.29) is 11.8 Å². The first-order chi connectivity index (χ1) is 7.04. The second-order valence-electron chi connectivity index (χ2n) is 3.28. The van der Waals surface area contributed by atoms with E-state index >= 15 is 0 Å². The Morgan fingerprint density at radius 1 is 1.13 bits per heavy atom. The minimum absolute atomic E-state index is 0.0289. The Labute approximate surface area is 91.9 Å². The molecule has 0 spiro atoms. The van der Waals surface area contributed by atoms with Crippen LogP contribution in [0.3, 0.4) is 0 Å². The van der Waals surface area contributed by atoms with Crippen LogP contribution in [0.25, 0.3) is 0 Å². The lowest BCUT2D eigenvalue weighted by Crippen LogP contribution is -2.16. The average Bonchev–Trinajstić information content (AvgIpc) is 2.21. The molecule has 90 valence electrons. The fourth-order valence-electron chi connectivity index (χ4n) is 1.35. The molecule has 3 N–H and O–H groups in total. The van der Waals surface area contributed by atoms with Gasteiger partial charge in [-0.3, -0.25) is 9.59 Å². The lowest BCUT2D eigenvalue weighted by atomic mass is 9.90. The number of carboxylic acids is 1. The highest BCUT2D eigenvalue weighted by Crippen LogP contribution is 2.23. The van der Waals surface area contributed by atoms with Gasteiger partial charge in [0.1, 0.15) is 0 Å². The molecule has 15 heavy (non-hydrogen) atoms. The Morgan fingerprint density at radius 2 is 1.47 bits per heavy atom. The molecule has 0 saturated heterocycles. The molecular formula is C11H23NO3. The number of rotatable bonds is 1. The zero-order valence-corrected chi connectivity index (χ0v) is 9.95. The fraction of sp³-hybridized carbons (Fsp3) is 0.818. The zero-order chi connectivity index (χ0) is 12.3. The first kappa shape index (κ1) is 16.4. The van der Waals surface area contributed by atoms with Crippen molar-refractivity contribution in [2.45, 2.75) is 52.9 Å². The Kier molecular flexibility index (Phi) is 12.0. The van der Waals surface area contributed by atoms with Gasteiger partial charge in [0.05, 0.1) is 5.92 Å². The molecule has 0 aliphatic heterocycles. The van der Waals surface area contributed by atoms with Crippen LogP contribution < -0.4 is 5.73 Å². The molecule has 1 aliphatic carbocycles. The number of amides is 1. The summed E-state index contributed by atoms with van der Waals surface area (Å²) < 4.78 is 0. The molecule has 0 aromatic carbocycles. The van der Waals surface area contributed by atoms with E-state index < -0.39 is 5.97 Å². The van der Waals surface area contributed by atoms with Crippen LogP contribution in [0.1, 0.15) is 52.9 Å². The first-order valence-corrected chi connectivity index (χ1v) is 5.53. The molecule has 1 saturated carbocycles. The molecule has 0 atom stereocenters. The second kappa shape index (κ2) is 11.0. The number of carbonyl (C=O) groups excluding carboxylic acids is 1. The van der Waals surface area contributed by atoms with E-state index in [9.17, 15) is 9.59 Å². The normalized spacial score (nSPS) is 15.1. The second-order valence-corrected chi connectivity index (χ2v) is 3.28. The Morgan fingerprint density at radius 3 is 1.67 bits per heavy atom. The van der Waals surface area contributed by atoms with Crippen molar-refractivity contribution in [1.82, 2.24) is 0 Å². The molecule has 0 aromatic rings. The van der Waals surface area contributed by atoms with Crippen molar-refractivity contribution in [3.63, 3.8) is 0 Å². The quantitative estimate of drug-likeness (QED) is 0.706. The number of primary amides is 1. The molecule has 1 amide bonds. The van der Waals surface area contributed by atoms with Gasteiger partial charge in [-0.15, -0.1) is 0 Å². The highest BCUT2D eigenvalue weighted by Gasteiger charge is 2.19. The van der Waals surface area contributed by atoms with Crippen molar-refractivity contribution < 1.29 is 14.7 Å². The van der Waals surface area contributed by atoms with E-state index in [0.29, 0.717) is 0 Å². The van der Waals surface area contributed by atoms with Crippen LogP contribution >= 0.6 is 0 Å². The van der Waals surface area contributed by atoms with Gasteiger partial charge < -0.3 is 10.8 Å². The Bertz CT molecular complexity index is 171. The number of hydrogen-bond donors (Lipinski definition) is 2. The van der Waals surface area contributed by atoms with E-state index in [1.807, 2.05) is 13.8 Å². The lowest BCUT2D eigenvalue weighted by Gasteiger charge is -2.16. The minimum Gasteiger partial charge on any atom is -0.481 e. The van der Waals surface area contributed by atoms with Crippen molar-refractivity contribution >= 4 is 11.9 Å². The van der Waals surface area contributed by atoms with E-state index in [0.717, 1.165) is 25.7 Å². The molecule has 1 aliphatic rings. The maximum Gasteiger partial charge on any atom is 0.306 e. The van der Waals surface area contributed by atoms with Gasteiger partial charge in [0.25, 0.3) is 0 Å². The molecule has 1 fully saturated rings. The average molecular weight is 217 g/mol. The van der Waals surface area contributed by atoms with Crippen molar-refractivity contribution in [1.29, 1.82) is 0 Å². The summed E-state index contributed by atoms with van der Waals surface area (Å²) in [5, 5.41) is 8.54. The van der Waals surface area contributed by atoms with Crippen LogP contribution in [-0.4, -0.2) is 17.0 Å². The molecule has 0 radical (unpaired) electrons. The van der Waals surface area contributed by atoms with Crippen LogP contribution in [0.2, 0.25) is 0 Å². The summed E-state index contributed by atoms with van der Waals surface area (Å²) in [6.07, 6.45) is 5.24. The number of aliphatic carboxylic acids is 1. The highest BCUT2D eigenvalue weighted by atomic mass is 16.4. The summed E-state index contributed by atoms with van der Waals surface area (Å²) in [6, 6.07) is 0. The van der Waals surface area contributed by atoms with Crippen molar-refractivity contribution in [3.8, 4) is 0 Å². The van der Waals surface area contributed by atoms with Crippen LogP contribution in [-0.2, 0) is 9.59 Å². The number of carboxylic acid groups (broad SMARTS) is 1. The summed E-state index contributed by atoms with van der Waals surface area (Å²) in [7, 11) is 0. The topological polar surface area (TPSA) is 80.4 Å². The number of carbonyl (C=O) groups is 2. The summed E-state index contributed by atoms with van der Waals surface area (Å²) in [4.78, 5) is 19.6. The smallest absolute Gasteiger partial charge is 0.306 e. The van der Waals surface area contributed by atoms with Gasteiger partial charge in [-0.05, 0) is 12.8 Å². The zero-order valence-electron chi connectivity index (χ0n) is 9.95. The van der Waals surface area contributed by atoms with E-state index in [2.05, 4.69) is 5.73 Å². The Balaban J connectivity index is 0. The van der Waals surface area contributed by atoms with Crippen LogP contribution in [0.15, 0.2) is 0 Å². The maximum atomic E-state index is 10.4. The third-order valence-corrected chi connectivity index (χ3v) is 1.95. The molecular weight excluding hydrogens is 194 g/mol. The van der Waals surface area contributed by atoms with Crippen LogP contribution in [0.4, 0.5) is 0 Å². The summed E-state index contributed by atoms with van der Waals surface area (Å²) >= 11 is 0. The highest BCUT2D eigenvalue weighted by molar-refractivity contribution is 5.70. The summed E-state index contributed by atoms with van der Waals surface area (Å²) in [6.45, 7) is 5.31. The van der Waals surface area contributed by atoms with E-state index in [1.54, 1.807) is 0 Å². The van der Waals surface area contributed by atoms with Crippen LogP contribution in [0.5, 0.6) is 0 Å².